The summed E-state index contributed by atoms with van der Waals surface area (Å²) in [6.07, 6.45) is 5.39. The van der Waals surface area contributed by atoms with Crippen molar-refractivity contribution in [3.63, 3.8) is 0 Å². The highest BCUT2D eigenvalue weighted by molar-refractivity contribution is 5.71. The fourth-order valence-corrected chi connectivity index (χ4v) is 0.500. The van der Waals surface area contributed by atoms with E-state index < -0.39 is 6.03 Å². The minimum absolute atomic E-state index is 0.461. The molecule has 1 aromatic rings. The van der Waals surface area contributed by atoms with Crippen molar-refractivity contribution in [2.45, 2.75) is 6.92 Å². The smallest absolute Gasteiger partial charge is 0.312 e. The molecule has 0 bridgehead atoms. The van der Waals surface area contributed by atoms with Crippen LogP contribution in [0.2, 0.25) is 0 Å². The number of amides is 2. The van der Waals surface area contributed by atoms with Gasteiger partial charge in [-0.2, -0.15) is 0 Å². The van der Waals surface area contributed by atoms with Crippen molar-refractivity contribution in [2.24, 2.45) is 12.8 Å². The Morgan fingerprint density at radius 2 is 2.42 bits per heavy atom. The number of nitrogens with zero attached hydrogens (tertiary/aromatic N) is 2. The zero-order valence-corrected chi connectivity index (χ0v) is 7.32. The maximum atomic E-state index is 9.71. The third kappa shape index (κ3) is 6.60. The molecule has 5 nitrogen and oxygen atoms in total. The van der Waals surface area contributed by atoms with Crippen LogP contribution in [0, 0.1) is 0 Å². The molecular weight excluding hydrogens is 156 g/mol. The monoisotopic (exact) mass is 170 g/mol. The van der Waals surface area contributed by atoms with E-state index in [9.17, 15) is 4.79 Å². The van der Waals surface area contributed by atoms with E-state index in [4.69, 9.17) is 0 Å². The van der Waals surface area contributed by atoms with E-state index in [1.165, 1.54) is 0 Å². The number of aromatic nitrogens is 2. The van der Waals surface area contributed by atoms with E-state index in [0.29, 0.717) is 6.54 Å². The fourth-order valence-electron chi connectivity index (χ4n) is 0.500. The number of rotatable bonds is 1. The van der Waals surface area contributed by atoms with Gasteiger partial charge in [-0.25, -0.2) is 9.78 Å². The highest BCUT2D eigenvalue weighted by atomic mass is 16.2. The number of primary amides is 1. The molecule has 1 aromatic heterocycles. The lowest BCUT2D eigenvalue weighted by atomic mass is 10.7. The van der Waals surface area contributed by atoms with Crippen LogP contribution >= 0.6 is 0 Å². The van der Waals surface area contributed by atoms with Crippen LogP contribution in [-0.2, 0) is 7.05 Å². The lowest BCUT2D eigenvalue weighted by molar-refractivity contribution is 0.249. The summed E-state index contributed by atoms with van der Waals surface area (Å²) in [6, 6.07) is -0.461. The van der Waals surface area contributed by atoms with Crippen LogP contribution in [0.1, 0.15) is 6.92 Å². The molecule has 0 aromatic carbocycles. The van der Waals surface area contributed by atoms with Gasteiger partial charge in [0.25, 0.3) is 0 Å². The standard InChI is InChI=1S/C4H6N2.C3H8N2O/c1-6-3-2-5-4-6;1-2-5-3(4)6/h2-4H,1H3;2H2,1H3,(H3,4,5,6). The number of carbonyl (C=O) groups is 1. The van der Waals surface area contributed by atoms with Crippen LogP contribution in [-0.4, -0.2) is 22.1 Å². The molecule has 1 heterocycles. The van der Waals surface area contributed by atoms with Gasteiger partial charge in [0, 0.05) is 26.0 Å². The van der Waals surface area contributed by atoms with Crippen molar-refractivity contribution in [3.8, 4) is 0 Å². The highest BCUT2D eigenvalue weighted by Crippen LogP contribution is 1.73. The first-order valence-corrected chi connectivity index (χ1v) is 3.62. The van der Waals surface area contributed by atoms with Crippen molar-refractivity contribution in [1.29, 1.82) is 0 Å². The normalized spacial score (nSPS) is 8.17. The minimum atomic E-state index is -0.461. The average Bonchev–Trinajstić information content (AvgIpc) is 2.40. The second-order valence-corrected chi connectivity index (χ2v) is 2.12. The summed E-state index contributed by atoms with van der Waals surface area (Å²) in [5, 5.41) is 2.35. The van der Waals surface area contributed by atoms with Crippen LogP contribution in [0.3, 0.4) is 0 Å². The summed E-state index contributed by atoms with van der Waals surface area (Å²) in [5.74, 6) is 0. The van der Waals surface area contributed by atoms with Crippen LogP contribution in [0.5, 0.6) is 0 Å². The lowest BCUT2D eigenvalue weighted by Gasteiger charge is -1.88. The molecule has 68 valence electrons. The molecule has 1 rings (SSSR count). The van der Waals surface area contributed by atoms with E-state index in [2.05, 4.69) is 16.0 Å². The van der Waals surface area contributed by atoms with E-state index in [1.807, 2.05) is 24.7 Å². The lowest BCUT2D eigenvalue weighted by Crippen LogP contribution is -2.28. The number of nitrogens with two attached hydrogens (primary N) is 1. The van der Waals surface area contributed by atoms with Gasteiger partial charge in [-0.05, 0) is 6.92 Å². The average molecular weight is 170 g/mol. The van der Waals surface area contributed by atoms with Crippen LogP contribution in [0.25, 0.3) is 0 Å². The van der Waals surface area contributed by atoms with Gasteiger partial charge < -0.3 is 15.6 Å². The van der Waals surface area contributed by atoms with Crippen molar-refractivity contribution in [2.75, 3.05) is 6.54 Å². The van der Waals surface area contributed by atoms with Crippen LogP contribution < -0.4 is 11.1 Å². The van der Waals surface area contributed by atoms with E-state index >= 15 is 0 Å². The Labute approximate surface area is 71.6 Å². The molecule has 3 N–H and O–H groups in total. The van der Waals surface area contributed by atoms with E-state index in [-0.39, 0.29) is 0 Å². The number of carbonyl (C=O) groups excluding carboxylic acids is 1. The third-order valence-corrected chi connectivity index (χ3v) is 0.988. The number of hydrogen-bond acceptors (Lipinski definition) is 2. The molecule has 0 saturated heterocycles. The van der Waals surface area contributed by atoms with E-state index in [1.54, 1.807) is 12.5 Å². The molecular formula is C7H14N4O. The Kier molecular flexibility index (Phi) is 5.42. The predicted octanol–water partition coefficient (Wildman–Crippen LogP) is 0.0947. The Bertz CT molecular complexity index is 207. The predicted molar refractivity (Wildman–Crippen MR) is 46.5 cm³/mol. The van der Waals surface area contributed by atoms with Crippen LogP contribution in [0.4, 0.5) is 4.79 Å². The number of hydrogen-bond donors (Lipinski definition) is 2. The van der Waals surface area contributed by atoms with Crippen molar-refractivity contribution < 1.29 is 4.79 Å². The number of imidazole rings is 1. The SMILES string of the molecule is CCNC(N)=O.Cn1ccnc1. The topological polar surface area (TPSA) is 72.9 Å². The first kappa shape index (κ1) is 10.5. The highest BCUT2D eigenvalue weighted by Gasteiger charge is 1.79. The summed E-state index contributed by atoms with van der Waals surface area (Å²) in [7, 11) is 1.94. The Morgan fingerprint density at radius 1 is 1.75 bits per heavy atom. The van der Waals surface area contributed by atoms with Crippen molar-refractivity contribution in [1.82, 2.24) is 14.9 Å². The van der Waals surface area contributed by atoms with Gasteiger partial charge in [0.1, 0.15) is 0 Å². The molecule has 0 saturated carbocycles. The first-order valence-electron chi connectivity index (χ1n) is 3.62. The minimum Gasteiger partial charge on any atom is -0.352 e. The molecule has 0 spiro atoms. The number of nitrogens with one attached hydrogen (secondary N) is 1. The summed E-state index contributed by atoms with van der Waals surface area (Å²) in [5.41, 5.74) is 4.65. The molecule has 12 heavy (non-hydrogen) atoms. The maximum Gasteiger partial charge on any atom is 0.312 e. The summed E-state index contributed by atoms with van der Waals surface area (Å²) in [6.45, 7) is 2.42. The van der Waals surface area contributed by atoms with Crippen molar-refractivity contribution in [3.05, 3.63) is 18.7 Å². The fraction of sp³-hybridized carbons (Fsp3) is 0.429. The Hall–Kier alpha value is -1.52. The molecule has 2 amide bonds. The van der Waals surface area contributed by atoms with Gasteiger partial charge in [-0.3, -0.25) is 0 Å². The Morgan fingerprint density at radius 3 is 2.50 bits per heavy atom. The second-order valence-electron chi connectivity index (χ2n) is 2.12. The van der Waals surface area contributed by atoms with Crippen LogP contribution in [0.15, 0.2) is 18.7 Å². The van der Waals surface area contributed by atoms with Crippen molar-refractivity contribution >= 4 is 6.03 Å². The quantitative estimate of drug-likeness (QED) is 0.627. The maximum absolute atomic E-state index is 9.71. The summed E-state index contributed by atoms with van der Waals surface area (Å²) >= 11 is 0. The molecule has 0 atom stereocenters. The van der Waals surface area contributed by atoms with Gasteiger partial charge in [-0.15, -0.1) is 0 Å². The van der Waals surface area contributed by atoms with Gasteiger partial charge in [0.15, 0.2) is 0 Å². The van der Waals surface area contributed by atoms with E-state index in [0.717, 1.165) is 0 Å². The zero-order valence-electron chi connectivity index (χ0n) is 7.32. The zero-order chi connectivity index (χ0) is 9.40. The first-order chi connectivity index (χ1) is 5.66. The molecule has 5 heteroatoms. The van der Waals surface area contributed by atoms with Gasteiger partial charge in [0.2, 0.25) is 0 Å². The Balaban J connectivity index is 0.000000202. The second kappa shape index (κ2) is 6.21. The van der Waals surface area contributed by atoms with Gasteiger partial charge in [-0.1, -0.05) is 0 Å². The molecule has 0 aliphatic carbocycles. The molecule has 0 radical (unpaired) electrons. The number of aryl methyl sites for hydroxylation is 1. The molecule has 0 aliphatic heterocycles. The third-order valence-electron chi connectivity index (χ3n) is 0.988. The van der Waals surface area contributed by atoms with Gasteiger partial charge >= 0.3 is 6.03 Å². The summed E-state index contributed by atoms with van der Waals surface area (Å²) in [4.78, 5) is 13.5. The number of urea groups is 1. The van der Waals surface area contributed by atoms with Gasteiger partial charge in [0.05, 0.1) is 6.33 Å². The molecule has 0 fully saturated rings. The summed E-state index contributed by atoms with van der Waals surface area (Å²) < 4.78 is 1.89. The molecule has 0 unspecified atom stereocenters. The largest absolute Gasteiger partial charge is 0.352 e. The molecule has 0 aliphatic rings.